The average Bonchev–Trinajstić information content (AvgIpc) is 2.51. The third kappa shape index (κ3) is 5.84. The van der Waals surface area contributed by atoms with Gasteiger partial charge in [0.1, 0.15) is 12.4 Å². The number of allylic oxidation sites excluding steroid dienone is 1. The normalized spacial score (nSPS) is 10.2. The molecule has 0 spiro atoms. The maximum absolute atomic E-state index is 5.77. The molecule has 0 amide bonds. The van der Waals surface area contributed by atoms with Gasteiger partial charge in [0.25, 0.3) is 0 Å². The number of benzene rings is 2. The highest BCUT2D eigenvalue weighted by Gasteiger charge is 1.97. The fraction of sp³-hybridized carbons (Fsp3) is 0.263. The second kappa shape index (κ2) is 8.28. The van der Waals surface area contributed by atoms with Crippen LogP contribution >= 0.6 is 0 Å². The summed E-state index contributed by atoms with van der Waals surface area (Å²) in [6.45, 7) is 6.62. The lowest BCUT2D eigenvalue weighted by Crippen LogP contribution is -2.12. The Labute approximate surface area is 127 Å². The molecule has 1 N–H and O–H groups in total. The summed E-state index contributed by atoms with van der Waals surface area (Å²) in [5, 5.41) is 3.39. The minimum atomic E-state index is 0.610. The highest BCUT2D eigenvalue weighted by atomic mass is 16.5. The molecule has 0 heterocycles. The Bertz CT molecular complexity index is 554. The van der Waals surface area contributed by atoms with Crippen molar-refractivity contribution in [3.05, 3.63) is 77.4 Å². The Kier molecular flexibility index (Phi) is 6.04. The zero-order valence-corrected chi connectivity index (χ0v) is 12.8. The molecule has 0 aliphatic carbocycles. The molecule has 21 heavy (non-hydrogen) atoms. The molecule has 0 aliphatic rings. The Balaban J connectivity index is 1.78. The molecule has 110 valence electrons. The first kappa shape index (κ1) is 15.3. The SMILES string of the molecule is CC(C)=CCNCc1ccc(OCc2ccccc2)cc1. The first-order valence-corrected chi connectivity index (χ1v) is 7.34. The van der Waals surface area contributed by atoms with Gasteiger partial charge in [-0.2, -0.15) is 0 Å². The van der Waals surface area contributed by atoms with Gasteiger partial charge in [-0.25, -0.2) is 0 Å². The van der Waals surface area contributed by atoms with E-state index in [1.54, 1.807) is 0 Å². The Morgan fingerprint density at radius 3 is 2.33 bits per heavy atom. The zero-order valence-electron chi connectivity index (χ0n) is 12.8. The first-order valence-electron chi connectivity index (χ1n) is 7.34. The van der Waals surface area contributed by atoms with Crippen molar-refractivity contribution in [1.29, 1.82) is 0 Å². The Morgan fingerprint density at radius 1 is 0.952 bits per heavy atom. The number of hydrogen-bond donors (Lipinski definition) is 1. The van der Waals surface area contributed by atoms with Gasteiger partial charge in [0.05, 0.1) is 0 Å². The van der Waals surface area contributed by atoms with Crippen molar-refractivity contribution in [2.45, 2.75) is 27.0 Å². The van der Waals surface area contributed by atoms with E-state index in [1.807, 2.05) is 30.3 Å². The minimum Gasteiger partial charge on any atom is -0.489 e. The summed E-state index contributed by atoms with van der Waals surface area (Å²) in [6, 6.07) is 18.5. The van der Waals surface area contributed by atoms with E-state index in [9.17, 15) is 0 Å². The summed E-state index contributed by atoms with van der Waals surface area (Å²) in [6.07, 6.45) is 2.19. The number of ether oxygens (including phenoxy) is 1. The van der Waals surface area contributed by atoms with Crippen LogP contribution in [0.1, 0.15) is 25.0 Å². The Morgan fingerprint density at radius 2 is 1.67 bits per heavy atom. The third-order valence-corrected chi connectivity index (χ3v) is 3.16. The van der Waals surface area contributed by atoms with Crippen molar-refractivity contribution in [2.24, 2.45) is 0 Å². The van der Waals surface area contributed by atoms with Gasteiger partial charge in [-0.05, 0) is 37.1 Å². The van der Waals surface area contributed by atoms with Crippen molar-refractivity contribution in [3.8, 4) is 5.75 Å². The molecule has 2 aromatic rings. The summed E-state index contributed by atoms with van der Waals surface area (Å²) in [5.74, 6) is 0.909. The molecular weight excluding hydrogens is 258 g/mol. The van der Waals surface area contributed by atoms with Crippen LogP contribution in [0.15, 0.2) is 66.2 Å². The fourth-order valence-electron chi connectivity index (χ4n) is 1.94. The van der Waals surface area contributed by atoms with Gasteiger partial charge >= 0.3 is 0 Å². The molecule has 2 heteroatoms. The maximum Gasteiger partial charge on any atom is 0.119 e. The topological polar surface area (TPSA) is 21.3 Å². The van der Waals surface area contributed by atoms with E-state index in [0.717, 1.165) is 18.8 Å². The minimum absolute atomic E-state index is 0.610. The zero-order chi connectivity index (χ0) is 14.9. The van der Waals surface area contributed by atoms with E-state index in [4.69, 9.17) is 4.74 Å². The molecule has 0 bridgehead atoms. The monoisotopic (exact) mass is 281 g/mol. The second-order valence-corrected chi connectivity index (χ2v) is 5.33. The van der Waals surface area contributed by atoms with Crippen LogP contribution in [0.25, 0.3) is 0 Å². The van der Waals surface area contributed by atoms with Crippen LogP contribution in [0.3, 0.4) is 0 Å². The average molecular weight is 281 g/mol. The molecule has 2 aromatic carbocycles. The van der Waals surface area contributed by atoms with Gasteiger partial charge in [-0.3, -0.25) is 0 Å². The van der Waals surface area contributed by atoms with Crippen molar-refractivity contribution < 1.29 is 4.74 Å². The maximum atomic E-state index is 5.77. The lowest BCUT2D eigenvalue weighted by molar-refractivity contribution is 0.306. The van der Waals surface area contributed by atoms with E-state index in [2.05, 4.69) is 49.5 Å². The van der Waals surface area contributed by atoms with Crippen molar-refractivity contribution in [3.63, 3.8) is 0 Å². The molecular formula is C19H23NO. The third-order valence-electron chi connectivity index (χ3n) is 3.16. The molecule has 0 saturated heterocycles. The first-order chi connectivity index (χ1) is 10.2. The number of nitrogens with one attached hydrogen (secondary N) is 1. The van der Waals surface area contributed by atoms with Gasteiger partial charge in [0.15, 0.2) is 0 Å². The van der Waals surface area contributed by atoms with Gasteiger partial charge in [-0.1, -0.05) is 54.1 Å². The van der Waals surface area contributed by atoms with E-state index < -0.39 is 0 Å². The lowest BCUT2D eigenvalue weighted by Gasteiger charge is -2.08. The summed E-state index contributed by atoms with van der Waals surface area (Å²) in [5.41, 5.74) is 3.79. The van der Waals surface area contributed by atoms with Gasteiger partial charge in [0, 0.05) is 13.1 Å². The summed E-state index contributed by atoms with van der Waals surface area (Å²) in [4.78, 5) is 0. The van der Waals surface area contributed by atoms with Gasteiger partial charge in [-0.15, -0.1) is 0 Å². The van der Waals surface area contributed by atoms with Crippen LogP contribution in [0.4, 0.5) is 0 Å². The molecule has 2 nitrogen and oxygen atoms in total. The second-order valence-electron chi connectivity index (χ2n) is 5.33. The molecule has 0 fully saturated rings. The van der Waals surface area contributed by atoms with Crippen LogP contribution < -0.4 is 10.1 Å². The molecule has 0 aromatic heterocycles. The van der Waals surface area contributed by atoms with Crippen molar-refractivity contribution in [2.75, 3.05) is 6.54 Å². The van der Waals surface area contributed by atoms with Crippen LogP contribution in [-0.2, 0) is 13.2 Å². The van der Waals surface area contributed by atoms with Crippen LogP contribution in [0.5, 0.6) is 5.75 Å². The molecule has 0 radical (unpaired) electrons. The van der Waals surface area contributed by atoms with Gasteiger partial charge < -0.3 is 10.1 Å². The van der Waals surface area contributed by atoms with Crippen LogP contribution in [0, 0.1) is 0 Å². The number of hydrogen-bond acceptors (Lipinski definition) is 2. The summed E-state index contributed by atoms with van der Waals surface area (Å²) < 4.78 is 5.77. The molecule has 0 unspecified atom stereocenters. The fourth-order valence-corrected chi connectivity index (χ4v) is 1.94. The molecule has 0 atom stereocenters. The predicted molar refractivity (Wildman–Crippen MR) is 88.4 cm³/mol. The van der Waals surface area contributed by atoms with E-state index in [1.165, 1.54) is 16.7 Å². The molecule has 0 aliphatic heterocycles. The van der Waals surface area contributed by atoms with Crippen molar-refractivity contribution >= 4 is 0 Å². The lowest BCUT2D eigenvalue weighted by atomic mass is 10.2. The smallest absolute Gasteiger partial charge is 0.119 e. The molecule has 0 saturated carbocycles. The van der Waals surface area contributed by atoms with Crippen LogP contribution in [-0.4, -0.2) is 6.54 Å². The molecule has 2 rings (SSSR count). The van der Waals surface area contributed by atoms with Crippen LogP contribution in [0.2, 0.25) is 0 Å². The summed E-state index contributed by atoms with van der Waals surface area (Å²) in [7, 11) is 0. The van der Waals surface area contributed by atoms with E-state index in [0.29, 0.717) is 6.61 Å². The van der Waals surface area contributed by atoms with E-state index in [-0.39, 0.29) is 0 Å². The summed E-state index contributed by atoms with van der Waals surface area (Å²) >= 11 is 0. The highest BCUT2D eigenvalue weighted by Crippen LogP contribution is 2.14. The number of rotatable bonds is 7. The van der Waals surface area contributed by atoms with Crippen molar-refractivity contribution in [1.82, 2.24) is 5.32 Å². The van der Waals surface area contributed by atoms with Gasteiger partial charge in [0.2, 0.25) is 0 Å². The predicted octanol–water partition coefficient (Wildman–Crippen LogP) is 4.32. The quantitative estimate of drug-likeness (QED) is 0.603. The standard InChI is InChI=1S/C19H23NO/c1-16(2)12-13-20-14-17-8-10-19(11-9-17)21-15-18-6-4-3-5-7-18/h3-12,20H,13-15H2,1-2H3. The highest BCUT2D eigenvalue weighted by molar-refractivity contribution is 5.27. The Hall–Kier alpha value is -2.06. The van der Waals surface area contributed by atoms with E-state index >= 15 is 0 Å². The largest absolute Gasteiger partial charge is 0.489 e.